The molecule has 4 rings (SSSR count). The maximum Gasteiger partial charge on any atom is 0.279 e. The van der Waals surface area contributed by atoms with Crippen molar-refractivity contribution in [3.05, 3.63) is 100 Å². The first-order valence-corrected chi connectivity index (χ1v) is 9.53. The highest BCUT2D eigenvalue weighted by atomic mass is 79.9. The molecule has 0 bridgehead atoms. The Bertz CT molecular complexity index is 912. The Morgan fingerprint density at radius 2 is 1.65 bits per heavy atom. The molecule has 2 N–H and O–H groups in total. The minimum Gasteiger partial charge on any atom is -0.321 e. The van der Waals surface area contributed by atoms with Crippen molar-refractivity contribution in [2.45, 2.75) is 12.6 Å². The first-order valence-electron chi connectivity index (χ1n) is 8.73. The number of amides is 1. The number of carbonyl (C=O) groups excluding carboxylic acids is 1. The van der Waals surface area contributed by atoms with Crippen LogP contribution in [0.1, 0.15) is 22.7 Å². The molecule has 4 heteroatoms. The highest BCUT2D eigenvalue weighted by Gasteiger charge is 2.33. The van der Waals surface area contributed by atoms with Crippen molar-refractivity contribution >= 4 is 27.5 Å². The van der Waals surface area contributed by atoms with Gasteiger partial charge in [0.2, 0.25) is 0 Å². The minimum atomic E-state index is 0.0536. The number of rotatable bonds is 3. The Morgan fingerprint density at radius 1 is 0.962 bits per heavy atom. The molecular weight excluding hydrogens is 388 g/mol. The van der Waals surface area contributed by atoms with Crippen molar-refractivity contribution in [2.24, 2.45) is 0 Å². The molecular formula is C22H20BrN2O+. The molecule has 0 aliphatic carbocycles. The van der Waals surface area contributed by atoms with Crippen LogP contribution in [0, 0.1) is 0 Å². The van der Waals surface area contributed by atoms with E-state index in [1.165, 1.54) is 16.0 Å². The molecule has 0 fully saturated rings. The highest BCUT2D eigenvalue weighted by Crippen LogP contribution is 2.30. The molecule has 2 atom stereocenters. The van der Waals surface area contributed by atoms with Crippen LogP contribution in [0.15, 0.2) is 83.3 Å². The topological polar surface area (TPSA) is 33.5 Å². The standard InChI is InChI=1S/C22H19BrN2O/c23-18-11-12-20-19(13-18)22(17-9-5-2-6-10-17)25(15-21(26)24-20)14-16-7-3-1-4-8-16/h1-13,22H,14-15H2,(H,24,26)/p+1/t22-/m1/s1. The predicted molar refractivity (Wildman–Crippen MR) is 107 cm³/mol. The van der Waals surface area contributed by atoms with E-state index in [9.17, 15) is 4.79 Å². The third-order valence-corrected chi connectivity index (χ3v) is 5.29. The van der Waals surface area contributed by atoms with Gasteiger partial charge in [0.25, 0.3) is 5.91 Å². The van der Waals surface area contributed by atoms with Crippen LogP contribution in [0.3, 0.4) is 0 Å². The van der Waals surface area contributed by atoms with E-state index in [2.05, 4.69) is 75.8 Å². The fraction of sp³-hybridized carbons (Fsp3) is 0.136. The third kappa shape index (κ3) is 3.57. The van der Waals surface area contributed by atoms with Gasteiger partial charge in [-0.15, -0.1) is 0 Å². The SMILES string of the molecule is O=C1C[NH+](Cc2ccccc2)[C@H](c2ccccc2)c2cc(Br)ccc2N1. The summed E-state index contributed by atoms with van der Waals surface area (Å²) >= 11 is 3.60. The number of anilines is 1. The number of hydrogen-bond acceptors (Lipinski definition) is 1. The Hall–Kier alpha value is -2.43. The van der Waals surface area contributed by atoms with Crippen molar-refractivity contribution < 1.29 is 9.69 Å². The van der Waals surface area contributed by atoms with Crippen LogP contribution in [0.5, 0.6) is 0 Å². The van der Waals surface area contributed by atoms with E-state index >= 15 is 0 Å². The molecule has 0 radical (unpaired) electrons. The van der Waals surface area contributed by atoms with Crippen molar-refractivity contribution in [1.29, 1.82) is 0 Å². The zero-order valence-electron chi connectivity index (χ0n) is 14.3. The summed E-state index contributed by atoms with van der Waals surface area (Å²) in [5, 5.41) is 3.08. The van der Waals surface area contributed by atoms with Crippen LogP contribution in [-0.4, -0.2) is 12.5 Å². The average molecular weight is 408 g/mol. The second kappa shape index (κ2) is 7.44. The summed E-state index contributed by atoms with van der Waals surface area (Å²) in [6, 6.07) is 27.0. The molecule has 0 spiro atoms. The van der Waals surface area contributed by atoms with E-state index in [1.54, 1.807) is 0 Å². The summed E-state index contributed by atoms with van der Waals surface area (Å²) < 4.78 is 1.02. The largest absolute Gasteiger partial charge is 0.321 e. The molecule has 3 aromatic rings. The molecule has 1 aliphatic rings. The first kappa shape index (κ1) is 17.0. The first-order chi connectivity index (χ1) is 12.7. The monoisotopic (exact) mass is 407 g/mol. The lowest BCUT2D eigenvalue weighted by Gasteiger charge is -2.27. The summed E-state index contributed by atoms with van der Waals surface area (Å²) in [7, 11) is 0. The normalized spacial score (nSPS) is 19.3. The quantitative estimate of drug-likeness (QED) is 0.683. The second-order valence-electron chi connectivity index (χ2n) is 6.62. The van der Waals surface area contributed by atoms with E-state index in [0.717, 1.165) is 22.3 Å². The van der Waals surface area contributed by atoms with Crippen LogP contribution in [0.4, 0.5) is 5.69 Å². The molecule has 0 saturated heterocycles. The number of fused-ring (bicyclic) bond motifs is 1. The van der Waals surface area contributed by atoms with Crippen LogP contribution in [-0.2, 0) is 11.3 Å². The molecule has 3 nitrogen and oxygen atoms in total. The molecule has 0 aromatic heterocycles. The van der Waals surface area contributed by atoms with Gasteiger partial charge in [-0.05, 0) is 18.2 Å². The van der Waals surface area contributed by atoms with Gasteiger partial charge in [-0.2, -0.15) is 0 Å². The molecule has 1 unspecified atom stereocenters. The van der Waals surface area contributed by atoms with E-state index in [-0.39, 0.29) is 11.9 Å². The number of halogens is 1. The van der Waals surface area contributed by atoms with Gasteiger partial charge in [-0.25, -0.2) is 0 Å². The van der Waals surface area contributed by atoms with E-state index < -0.39 is 0 Å². The number of quaternary nitrogens is 1. The summed E-state index contributed by atoms with van der Waals surface area (Å²) in [5.74, 6) is 0.0536. The van der Waals surface area contributed by atoms with Crippen LogP contribution in [0.25, 0.3) is 0 Å². The smallest absolute Gasteiger partial charge is 0.279 e. The van der Waals surface area contributed by atoms with E-state index in [0.29, 0.717) is 6.54 Å². The summed E-state index contributed by atoms with van der Waals surface area (Å²) in [4.78, 5) is 13.8. The molecule has 130 valence electrons. The van der Waals surface area contributed by atoms with Crippen LogP contribution >= 0.6 is 15.9 Å². The number of benzene rings is 3. The van der Waals surface area contributed by atoms with Crippen molar-refractivity contribution in [2.75, 3.05) is 11.9 Å². The van der Waals surface area contributed by atoms with Gasteiger partial charge in [0.15, 0.2) is 6.54 Å². The Kier molecular flexibility index (Phi) is 4.87. The van der Waals surface area contributed by atoms with Crippen LogP contribution < -0.4 is 10.2 Å². The number of hydrogen-bond donors (Lipinski definition) is 2. The van der Waals surface area contributed by atoms with E-state index in [4.69, 9.17) is 0 Å². The Labute approximate surface area is 161 Å². The highest BCUT2D eigenvalue weighted by molar-refractivity contribution is 9.10. The van der Waals surface area contributed by atoms with Gasteiger partial charge in [0, 0.05) is 21.2 Å². The summed E-state index contributed by atoms with van der Waals surface area (Å²) in [6.45, 7) is 1.22. The van der Waals surface area contributed by atoms with Gasteiger partial charge in [-0.3, -0.25) is 4.79 Å². The van der Waals surface area contributed by atoms with Gasteiger partial charge < -0.3 is 10.2 Å². The fourth-order valence-corrected chi connectivity index (χ4v) is 4.07. The van der Waals surface area contributed by atoms with Crippen molar-refractivity contribution in [3.63, 3.8) is 0 Å². The zero-order chi connectivity index (χ0) is 17.9. The van der Waals surface area contributed by atoms with Crippen LogP contribution in [0.2, 0.25) is 0 Å². The van der Waals surface area contributed by atoms with Crippen molar-refractivity contribution in [1.82, 2.24) is 0 Å². The number of carbonyl (C=O) groups is 1. The second-order valence-corrected chi connectivity index (χ2v) is 7.54. The molecule has 1 amide bonds. The van der Waals surface area contributed by atoms with Gasteiger partial charge in [-0.1, -0.05) is 76.6 Å². The molecule has 1 aliphatic heterocycles. The lowest BCUT2D eigenvalue weighted by Crippen LogP contribution is -3.12. The average Bonchev–Trinajstić information content (AvgIpc) is 2.78. The fourth-order valence-electron chi connectivity index (χ4n) is 3.69. The maximum atomic E-state index is 12.6. The summed E-state index contributed by atoms with van der Waals surface area (Å²) in [5.41, 5.74) is 4.49. The zero-order valence-corrected chi connectivity index (χ0v) is 15.9. The predicted octanol–water partition coefficient (Wildman–Crippen LogP) is 3.58. The molecule has 3 aromatic carbocycles. The Balaban J connectivity index is 1.83. The lowest BCUT2D eigenvalue weighted by molar-refractivity contribution is -0.931. The minimum absolute atomic E-state index is 0.0536. The molecule has 26 heavy (non-hydrogen) atoms. The maximum absolute atomic E-state index is 12.6. The van der Waals surface area contributed by atoms with Gasteiger partial charge in [0.1, 0.15) is 12.6 Å². The van der Waals surface area contributed by atoms with Crippen molar-refractivity contribution in [3.8, 4) is 0 Å². The van der Waals surface area contributed by atoms with Gasteiger partial charge >= 0.3 is 0 Å². The third-order valence-electron chi connectivity index (χ3n) is 4.80. The lowest BCUT2D eigenvalue weighted by atomic mass is 9.95. The molecule has 0 saturated carbocycles. The Morgan fingerprint density at radius 3 is 2.38 bits per heavy atom. The summed E-state index contributed by atoms with van der Waals surface area (Å²) in [6.07, 6.45) is 0. The molecule has 1 heterocycles. The number of nitrogens with one attached hydrogen (secondary N) is 2. The van der Waals surface area contributed by atoms with E-state index in [1.807, 2.05) is 24.3 Å². The van der Waals surface area contributed by atoms with Gasteiger partial charge in [0.05, 0.1) is 5.69 Å².